The second-order valence-electron chi connectivity index (χ2n) is 4.85. The normalized spacial score (nSPS) is 22.5. The molecule has 0 radical (unpaired) electrons. The fourth-order valence-corrected chi connectivity index (χ4v) is 2.47. The standard InChI is InChI=1S/C14H15FN2O2/c15-12-6-9(8-16)4-5-13(12)17-11-3-1-2-10(7-11)14(18)19/h4-6,10-11,17H,1-3,7H2,(H,18,19). The molecule has 0 aromatic heterocycles. The predicted molar refractivity (Wildman–Crippen MR) is 68.1 cm³/mol. The molecule has 2 atom stereocenters. The van der Waals surface area contributed by atoms with Crippen molar-refractivity contribution >= 4 is 11.7 Å². The van der Waals surface area contributed by atoms with E-state index >= 15 is 0 Å². The number of nitrogens with zero attached hydrogens (tertiary/aromatic N) is 1. The van der Waals surface area contributed by atoms with Gasteiger partial charge in [0.05, 0.1) is 23.2 Å². The first-order valence-corrected chi connectivity index (χ1v) is 6.29. The number of nitriles is 1. The van der Waals surface area contributed by atoms with Gasteiger partial charge in [-0.2, -0.15) is 5.26 Å². The zero-order chi connectivity index (χ0) is 13.8. The Bertz CT molecular complexity index is 525. The Morgan fingerprint density at radius 3 is 2.89 bits per heavy atom. The molecule has 2 N–H and O–H groups in total. The van der Waals surface area contributed by atoms with Gasteiger partial charge in [-0.15, -0.1) is 0 Å². The number of halogens is 1. The summed E-state index contributed by atoms with van der Waals surface area (Å²) in [6.45, 7) is 0. The van der Waals surface area contributed by atoms with Crippen LogP contribution < -0.4 is 5.32 Å². The minimum Gasteiger partial charge on any atom is -0.481 e. The molecule has 0 bridgehead atoms. The minimum absolute atomic E-state index is 0.0303. The maximum atomic E-state index is 13.7. The number of hydrogen-bond acceptors (Lipinski definition) is 3. The van der Waals surface area contributed by atoms with Crippen molar-refractivity contribution < 1.29 is 14.3 Å². The summed E-state index contributed by atoms with van der Waals surface area (Å²) in [4.78, 5) is 11.0. The van der Waals surface area contributed by atoms with Crippen LogP contribution in [0.2, 0.25) is 0 Å². The number of aliphatic carboxylic acids is 1. The molecule has 0 spiro atoms. The predicted octanol–water partition coefficient (Wildman–Crippen LogP) is 2.75. The van der Waals surface area contributed by atoms with E-state index in [1.165, 1.54) is 12.1 Å². The fraction of sp³-hybridized carbons (Fsp3) is 0.429. The molecule has 1 aliphatic carbocycles. The van der Waals surface area contributed by atoms with Crippen molar-refractivity contribution in [3.05, 3.63) is 29.6 Å². The number of carbonyl (C=O) groups is 1. The van der Waals surface area contributed by atoms with Crippen LogP contribution in [0, 0.1) is 23.1 Å². The summed E-state index contributed by atoms with van der Waals surface area (Å²) in [5.41, 5.74) is 0.602. The first kappa shape index (κ1) is 13.3. The molecule has 0 saturated heterocycles. The molecule has 1 fully saturated rings. The van der Waals surface area contributed by atoms with Gasteiger partial charge >= 0.3 is 5.97 Å². The number of hydrogen-bond donors (Lipinski definition) is 2. The van der Waals surface area contributed by atoms with Crippen LogP contribution in [0.3, 0.4) is 0 Å². The minimum atomic E-state index is -0.785. The molecule has 1 aromatic carbocycles. The lowest BCUT2D eigenvalue weighted by molar-refractivity contribution is -0.142. The molecule has 1 aromatic rings. The Morgan fingerprint density at radius 2 is 2.26 bits per heavy atom. The van der Waals surface area contributed by atoms with Crippen molar-refractivity contribution in [1.29, 1.82) is 5.26 Å². The average Bonchev–Trinajstić information content (AvgIpc) is 2.41. The van der Waals surface area contributed by atoms with Gasteiger partial charge in [0.2, 0.25) is 0 Å². The second kappa shape index (κ2) is 5.70. The van der Waals surface area contributed by atoms with Gasteiger partial charge in [-0.3, -0.25) is 4.79 Å². The lowest BCUT2D eigenvalue weighted by Crippen LogP contribution is -2.31. The smallest absolute Gasteiger partial charge is 0.306 e. The number of benzene rings is 1. The Kier molecular flexibility index (Phi) is 4.00. The molecule has 1 aliphatic rings. The first-order chi connectivity index (χ1) is 9.10. The average molecular weight is 262 g/mol. The van der Waals surface area contributed by atoms with Crippen LogP contribution in [-0.2, 0) is 4.79 Å². The lowest BCUT2D eigenvalue weighted by Gasteiger charge is -2.28. The van der Waals surface area contributed by atoms with Gasteiger partial charge in [-0.1, -0.05) is 6.42 Å². The zero-order valence-corrected chi connectivity index (χ0v) is 10.4. The zero-order valence-electron chi connectivity index (χ0n) is 10.4. The second-order valence-corrected chi connectivity index (χ2v) is 4.85. The van der Waals surface area contributed by atoms with Gasteiger partial charge < -0.3 is 10.4 Å². The topological polar surface area (TPSA) is 73.1 Å². The highest BCUT2D eigenvalue weighted by Crippen LogP contribution is 2.28. The van der Waals surface area contributed by atoms with Gasteiger partial charge in [-0.25, -0.2) is 4.39 Å². The highest BCUT2D eigenvalue weighted by Gasteiger charge is 2.27. The van der Waals surface area contributed by atoms with Crippen LogP contribution in [0.1, 0.15) is 31.2 Å². The van der Waals surface area contributed by atoms with Gasteiger partial charge in [0, 0.05) is 6.04 Å². The molecule has 0 heterocycles. The quantitative estimate of drug-likeness (QED) is 0.878. The van der Waals surface area contributed by atoms with Crippen LogP contribution in [0.5, 0.6) is 0 Å². The van der Waals surface area contributed by atoms with E-state index in [9.17, 15) is 9.18 Å². The molecule has 100 valence electrons. The van der Waals surface area contributed by atoms with E-state index in [0.29, 0.717) is 18.5 Å². The lowest BCUT2D eigenvalue weighted by atomic mass is 9.85. The third-order valence-corrected chi connectivity index (χ3v) is 3.48. The number of nitrogens with one attached hydrogen (secondary N) is 1. The van der Waals surface area contributed by atoms with Crippen molar-refractivity contribution in [2.45, 2.75) is 31.7 Å². The van der Waals surface area contributed by atoms with E-state index in [4.69, 9.17) is 10.4 Å². The van der Waals surface area contributed by atoms with Gasteiger partial charge in [0.15, 0.2) is 0 Å². The van der Waals surface area contributed by atoms with E-state index in [1.807, 2.05) is 6.07 Å². The third-order valence-electron chi connectivity index (χ3n) is 3.48. The Hall–Kier alpha value is -2.09. The summed E-state index contributed by atoms with van der Waals surface area (Å²) >= 11 is 0. The summed E-state index contributed by atoms with van der Waals surface area (Å²) in [5.74, 6) is -1.61. The van der Waals surface area contributed by atoms with Crippen molar-refractivity contribution in [2.24, 2.45) is 5.92 Å². The summed E-state index contributed by atoms with van der Waals surface area (Å²) in [6.07, 6.45) is 2.86. The van der Waals surface area contributed by atoms with E-state index < -0.39 is 11.8 Å². The van der Waals surface area contributed by atoms with Crippen LogP contribution >= 0.6 is 0 Å². The third kappa shape index (κ3) is 3.22. The van der Waals surface area contributed by atoms with Gasteiger partial charge in [0.25, 0.3) is 0 Å². The fourth-order valence-electron chi connectivity index (χ4n) is 2.47. The van der Waals surface area contributed by atoms with Crippen LogP contribution in [-0.4, -0.2) is 17.1 Å². The van der Waals surface area contributed by atoms with E-state index in [0.717, 1.165) is 12.8 Å². The molecule has 19 heavy (non-hydrogen) atoms. The highest BCUT2D eigenvalue weighted by atomic mass is 19.1. The summed E-state index contributed by atoms with van der Waals surface area (Å²) in [6, 6.07) is 6.10. The SMILES string of the molecule is N#Cc1ccc(NC2CCCC(C(=O)O)C2)c(F)c1. The van der Waals surface area contributed by atoms with Crippen molar-refractivity contribution in [3.63, 3.8) is 0 Å². The first-order valence-electron chi connectivity index (χ1n) is 6.29. The van der Waals surface area contributed by atoms with Crippen LogP contribution in [0.15, 0.2) is 18.2 Å². The number of carboxylic acids is 1. The molecular weight excluding hydrogens is 247 g/mol. The largest absolute Gasteiger partial charge is 0.481 e. The monoisotopic (exact) mass is 262 g/mol. The van der Waals surface area contributed by atoms with E-state index in [2.05, 4.69) is 5.32 Å². The summed E-state index contributed by atoms with van der Waals surface area (Å²) < 4.78 is 13.7. The van der Waals surface area contributed by atoms with E-state index in [-0.39, 0.29) is 17.5 Å². The molecule has 4 nitrogen and oxygen atoms in total. The molecule has 0 aliphatic heterocycles. The molecule has 0 amide bonds. The van der Waals surface area contributed by atoms with Gasteiger partial charge in [-0.05, 0) is 37.5 Å². The molecular formula is C14H15FN2O2. The van der Waals surface area contributed by atoms with E-state index in [1.54, 1.807) is 6.07 Å². The molecule has 2 unspecified atom stereocenters. The molecule has 5 heteroatoms. The number of carboxylic acid groups (broad SMARTS) is 1. The van der Waals surface area contributed by atoms with Crippen molar-refractivity contribution in [2.75, 3.05) is 5.32 Å². The Labute approximate surface area is 110 Å². The Morgan fingerprint density at radius 1 is 1.47 bits per heavy atom. The van der Waals surface area contributed by atoms with Crippen LogP contribution in [0.4, 0.5) is 10.1 Å². The maximum absolute atomic E-state index is 13.7. The van der Waals surface area contributed by atoms with Crippen molar-refractivity contribution in [1.82, 2.24) is 0 Å². The maximum Gasteiger partial charge on any atom is 0.306 e. The number of rotatable bonds is 3. The van der Waals surface area contributed by atoms with Gasteiger partial charge in [0.1, 0.15) is 5.82 Å². The summed E-state index contributed by atoms with van der Waals surface area (Å²) in [7, 11) is 0. The summed E-state index contributed by atoms with van der Waals surface area (Å²) in [5, 5.41) is 20.7. The Balaban J connectivity index is 2.05. The highest BCUT2D eigenvalue weighted by molar-refractivity contribution is 5.70. The van der Waals surface area contributed by atoms with Crippen LogP contribution in [0.25, 0.3) is 0 Å². The van der Waals surface area contributed by atoms with Crippen molar-refractivity contribution in [3.8, 4) is 6.07 Å². The number of anilines is 1. The molecule has 2 rings (SSSR count). The molecule has 1 saturated carbocycles.